The van der Waals surface area contributed by atoms with Crippen molar-refractivity contribution < 1.29 is 17.9 Å². The van der Waals surface area contributed by atoms with Crippen molar-refractivity contribution in [2.45, 2.75) is 44.6 Å². The van der Waals surface area contributed by atoms with E-state index in [9.17, 15) is 13.2 Å². The molecule has 0 saturated carbocycles. The standard InChI is InChI=1S/C21H28N2O4S/c1-5-16-6-8-17(9-7-16)22-21(24)20(14-15(2)3)23-28(25,26)19-12-10-18(27-4)11-13-19/h6-13,15,20,23H,5,14H2,1-4H3,(H,22,24). The fraction of sp³-hybridized carbons (Fsp3) is 0.381. The van der Waals surface area contributed by atoms with Crippen molar-refractivity contribution in [2.24, 2.45) is 5.92 Å². The van der Waals surface area contributed by atoms with Crippen molar-refractivity contribution in [1.29, 1.82) is 0 Å². The second-order valence-corrected chi connectivity index (χ2v) is 8.73. The summed E-state index contributed by atoms with van der Waals surface area (Å²) >= 11 is 0. The molecule has 0 aliphatic heterocycles. The molecule has 2 aromatic rings. The van der Waals surface area contributed by atoms with Gasteiger partial charge in [-0.25, -0.2) is 8.42 Å². The Labute approximate surface area is 167 Å². The monoisotopic (exact) mass is 404 g/mol. The van der Waals surface area contributed by atoms with Crippen LogP contribution < -0.4 is 14.8 Å². The minimum atomic E-state index is -3.84. The van der Waals surface area contributed by atoms with Gasteiger partial charge in [-0.05, 0) is 60.7 Å². The van der Waals surface area contributed by atoms with Crippen LogP contribution in [0.25, 0.3) is 0 Å². The van der Waals surface area contributed by atoms with Crippen LogP contribution in [0.3, 0.4) is 0 Å². The van der Waals surface area contributed by atoms with Crippen molar-refractivity contribution in [3.63, 3.8) is 0 Å². The molecule has 1 atom stereocenters. The van der Waals surface area contributed by atoms with Crippen LogP contribution in [-0.2, 0) is 21.2 Å². The van der Waals surface area contributed by atoms with Gasteiger partial charge in [-0.1, -0.05) is 32.9 Å². The highest BCUT2D eigenvalue weighted by molar-refractivity contribution is 7.89. The molecule has 2 N–H and O–H groups in total. The normalized spacial score (nSPS) is 12.6. The van der Waals surface area contributed by atoms with Crippen LogP contribution >= 0.6 is 0 Å². The number of nitrogens with one attached hydrogen (secondary N) is 2. The number of aryl methyl sites for hydroxylation is 1. The van der Waals surface area contributed by atoms with Crippen LogP contribution in [0.15, 0.2) is 53.4 Å². The fourth-order valence-corrected chi connectivity index (χ4v) is 3.95. The molecule has 0 radical (unpaired) electrons. The van der Waals surface area contributed by atoms with Gasteiger partial charge in [0.1, 0.15) is 11.8 Å². The summed E-state index contributed by atoms with van der Waals surface area (Å²) in [7, 11) is -2.33. The molecule has 7 heteroatoms. The molecule has 0 aliphatic rings. The topological polar surface area (TPSA) is 84.5 Å². The largest absolute Gasteiger partial charge is 0.497 e. The van der Waals surface area contributed by atoms with Crippen molar-refractivity contribution in [1.82, 2.24) is 4.72 Å². The molecule has 6 nitrogen and oxygen atoms in total. The number of anilines is 1. The van der Waals surface area contributed by atoms with E-state index in [1.807, 2.05) is 38.1 Å². The third-order valence-corrected chi connectivity index (χ3v) is 5.81. The highest BCUT2D eigenvalue weighted by Gasteiger charge is 2.26. The average Bonchev–Trinajstić information content (AvgIpc) is 2.67. The number of carbonyl (C=O) groups excluding carboxylic acids is 1. The smallest absolute Gasteiger partial charge is 0.242 e. The van der Waals surface area contributed by atoms with Gasteiger partial charge in [0.15, 0.2) is 0 Å². The maximum absolute atomic E-state index is 12.8. The number of amides is 1. The number of sulfonamides is 1. The zero-order valence-electron chi connectivity index (χ0n) is 16.7. The SMILES string of the molecule is CCc1ccc(NC(=O)C(CC(C)C)NS(=O)(=O)c2ccc(OC)cc2)cc1. The Morgan fingerprint density at radius 3 is 2.14 bits per heavy atom. The zero-order chi connectivity index (χ0) is 20.7. The molecule has 0 spiro atoms. The predicted molar refractivity (Wildman–Crippen MR) is 111 cm³/mol. The lowest BCUT2D eigenvalue weighted by Gasteiger charge is -2.20. The maximum atomic E-state index is 12.8. The van der Waals surface area contributed by atoms with Crippen molar-refractivity contribution in [3.05, 3.63) is 54.1 Å². The number of hydrogen-bond acceptors (Lipinski definition) is 4. The first-order valence-electron chi connectivity index (χ1n) is 9.31. The van der Waals surface area contributed by atoms with Crippen molar-refractivity contribution in [2.75, 3.05) is 12.4 Å². The van der Waals surface area contributed by atoms with Crippen LogP contribution in [0.1, 0.15) is 32.8 Å². The van der Waals surface area contributed by atoms with Crippen molar-refractivity contribution >= 4 is 21.6 Å². The van der Waals surface area contributed by atoms with E-state index < -0.39 is 16.1 Å². The molecular weight excluding hydrogens is 376 g/mol. The molecule has 0 aromatic heterocycles. The summed E-state index contributed by atoms with van der Waals surface area (Å²) in [5.74, 6) is 0.317. The molecule has 2 aromatic carbocycles. The maximum Gasteiger partial charge on any atom is 0.242 e. The fourth-order valence-electron chi connectivity index (χ4n) is 2.74. The Bertz CT molecular complexity index is 876. The van der Waals surface area contributed by atoms with E-state index in [0.29, 0.717) is 17.9 Å². The molecule has 28 heavy (non-hydrogen) atoms. The van der Waals surface area contributed by atoms with Gasteiger partial charge in [-0.2, -0.15) is 4.72 Å². The Kier molecular flexibility index (Phi) is 7.60. The summed E-state index contributed by atoms with van der Waals surface area (Å²) in [6.45, 7) is 5.94. The molecule has 0 aliphatic carbocycles. The molecule has 0 fully saturated rings. The second-order valence-electron chi connectivity index (χ2n) is 7.02. The summed E-state index contributed by atoms with van der Waals surface area (Å²) in [5, 5.41) is 2.81. The van der Waals surface area contributed by atoms with Crippen LogP contribution in [0, 0.1) is 5.92 Å². The Morgan fingerprint density at radius 2 is 1.64 bits per heavy atom. The van der Waals surface area contributed by atoms with Gasteiger partial charge in [0.2, 0.25) is 15.9 Å². The lowest BCUT2D eigenvalue weighted by atomic mass is 10.0. The minimum Gasteiger partial charge on any atom is -0.497 e. The molecule has 152 valence electrons. The summed E-state index contributed by atoms with van der Waals surface area (Å²) < 4.78 is 33.1. The number of rotatable bonds is 9. The first kappa shape index (κ1) is 21.9. The first-order valence-corrected chi connectivity index (χ1v) is 10.8. The highest BCUT2D eigenvalue weighted by atomic mass is 32.2. The molecule has 0 saturated heterocycles. The van der Waals surface area contributed by atoms with Crippen molar-refractivity contribution in [3.8, 4) is 5.75 Å². The van der Waals surface area contributed by atoms with Crippen LogP contribution in [0.4, 0.5) is 5.69 Å². The minimum absolute atomic E-state index is 0.0853. The summed E-state index contributed by atoms with van der Waals surface area (Å²) in [4.78, 5) is 12.8. The number of benzene rings is 2. The van der Waals surface area contributed by atoms with E-state index in [-0.39, 0.29) is 16.7 Å². The number of ether oxygens (including phenoxy) is 1. The Morgan fingerprint density at radius 1 is 1.04 bits per heavy atom. The third kappa shape index (κ3) is 6.07. The first-order chi connectivity index (χ1) is 13.2. The Balaban J connectivity index is 2.17. The highest BCUT2D eigenvalue weighted by Crippen LogP contribution is 2.18. The van der Waals surface area contributed by atoms with Crippen LogP contribution in [0.5, 0.6) is 5.75 Å². The van der Waals surface area contributed by atoms with Gasteiger partial charge < -0.3 is 10.1 Å². The lowest BCUT2D eigenvalue weighted by Crippen LogP contribution is -2.44. The van der Waals surface area contributed by atoms with Gasteiger partial charge >= 0.3 is 0 Å². The van der Waals surface area contributed by atoms with Crippen LogP contribution in [0.2, 0.25) is 0 Å². The van der Waals surface area contributed by atoms with E-state index in [1.165, 1.54) is 19.2 Å². The van der Waals surface area contributed by atoms with Crippen LogP contribution in [-0.4, -0.2) is 27.5 Å². The third-order valence-electron chi connectivity index (χ3n) is 4.32. The number of carbonyl (C=O) groups is 1. The Hall–Kier alpha value is -2.38. The van der Waals surface area contributed by atoms with Gasteiger partial charge in [0, 0.05) is 5.69 Å². The summed E-state index contributed by atoms with van der Waals surface area (Å²) in [5.41, 5.74) is 1.80. The molecule has 2 rings (SSSR count). The number of methoxy groups -OCH3 is 1. The van der Waals surface area contributed by atoms with Gasteiger partial charge in [0.05, 0.1) is 12.0 Å². The van der Waals surface area contributed by atoms with Gasteiger partial charge in [0.25, 0.3) is 0 Å². The molecule has 0 heterocycles. The quantitative estimate of drug-likeness (QED) is 0.669. The van der Waals surface area contributed by atoms with E-state index >= 15 is 0 Å². The molecular formula is C21H28N2O4S. The lowest BCUT2D eigenvalue weighted by molar-refractivity contribution is -0.118. The summed E-state index contributed by atoms with van der Waals surface area (Å²) in [6.07, 6.45) is 1.29. The average molecular weight is 405 g/mol. The molecule has 1 amide bonds. The predicted octanol–water partition coefficient (Wildman–Crippen LogP) is 3.59. The number of hydrogen-bond donors (Lipinski definition) is 2. The van der Waals surface area contributed by atoms with E-state index in [2.05, 4.69) is 17.0 Å². The van der Waals surface area contributed by atoms with E-state index in [4.69, 9.17) is 4.74 Å². The zero-order valence-corrected chi connectivity index (χ0v) is 17.5. The van der Waals surface area contributed by atoms with Gasteiger partial charge in [-0.15, -0.1) is 0 Å². The second kappa shape index (κ2) is 9.71. The van der Waals surface area contributed by atoms with Gasteiger partial charge in [-0.3, -0.25) is 4.79 Å². The molecule has 1 unspecified atom stereocenters. The summed E-state index contributed by atoms with van der Waals surface area (Å²) in [6, 6.07) is 12.7. The van der Waals surface area contributed by atoms with E-state index in [1.54, 1.807) is 12.1 Å². The van der Waals surface area contributed by atoms with E-state index in [0.717, 1.165) is 12.0 Å². The molecule has 0 bridgehead atoms.